The number of aliphatic carboxylic acids is 1. The van der Waals surface area contributed by atoms with Gasteiger partial charge >= 0.3 is 5.97 Å². The fourth-order valence-corrected chi connectivity index (χ4v) is 1.70. The van der Waals surface area contributed by atoms with E-state index in [0.29, 0.717) is 6.42 Å². The lowest BCUT2D eigenvalue weighted by atomic mass is 9.99. The highest BCUT2D eigenvalue weighted by Gasteiger charge is 2.27. The van der Waals surface area contributed by atoms with Crippen LogP contribution in [-0.2, 0) is 4.79 Å². The maximum Gasteiger partial charge on any atom is 0.326 e. The number of rotatable bonds is 6. The number of carboxylic acids is 1. The van der Waals surface area contributed by atoms with Crippen LogP contribution in [0.1, 0.15) is 30.6 Å². The van der Waals surface area contributed by atoms with Crippen molar-refractivity contribution in [1.29, 1.82) is 0 Å². The van der Waals surface area contributed by atoms with Crippen LogP contribution in [-0.4, -0.2) is 27.9 Å². The van der Waals surface area contributed by atoms with Gasteiger partial charge in [0.1, 0.15) is 11.9 Å². The van der Waals surface area contributed by atoms with Gasteiger partial charge in [-0.2, -0.15) is 0 Å². The van der Waals surface area contributed by atoms with Gasteiger partial charge in [-0.3, -0.25) is 14.9 Å². The summed E-state index contributed by atoms with van der Waals surface area (Å²) in [6, 6.07) is 1.31. The van der Waals surface area contributed by atoms with Gasteiger partial charge in [-0.1, -0.05) is 20.3 Å². The monoisotopic (exact) mass is 298 g/mol. The van der Waals surface area contributed by atoms with Crippen molar-refractivity contribution in [2.24, 2.45) is 5.92 Å². The second-order valence-electron chi connectivity index (χ2n) is 4.60. The van der Waals surface area contributed by atoms with Gasteiger partial charge in [-0.05, 0) is 12.0 Å². The van der Waals surface area contributed by atoms with E-state index in [4.69, 9.17) is 5.11 Å². The average molecular weight is 298 g/mol. The Balaban J connectivity index is 3.05. The largest absolute Gasteiger partial charge is 0.480 e. The summed E-state index contributed by atoms with van der Waals surface area (Å²) >= 11 is 0. The number of benzene rings is 1. The molecule has 1 rings (SSSR count). The van der Waals surface area contributed by atoms with E-state index < -0.39 is 39.9 Å². The van der Waals surface area contributed by atoms with Crippen molar-refractivity contribution >= 4 is 17.6 Å². The van der Waals surface area contributed by atoms with Gasteiger partial charge < -0.3 is 10.4 Å². The summed E-state index contributed by atoms with van der Waals surface area (Å²) in [6.45, 7) is 3.38. The summed E-state index contributed by atoms with van der Waals surface area (Å²) in [5.41, 5.74) is -1.00. The quantitative estimate of drug-likeness (QED) is 0.616. The second-order valence-corrected chi connectivity index (χ2v) is 4.60. The van der Waals surface area contributed by atoms with Crippen molar-refractivity contribution in [2.45, 2.75) is 26.3 Å². The van der Waals surface area contributed by atoms with Gasteiger partial charge in [0, 0.05) is 12.1 Å². The predicted octanol–water partition coefficient (Wildman–Crippen LogP) is 1.96. The molecule has 7 nitrogen and oxygen atoms in total. The average Bonchev–Trinajstić information content (AvgIpc) is 2.43. The smallest absolute Gasteiger partial charge is 0.326 e. The molecule has 114 valence electrons. The Morgan fingerprint density at radius 3 is 2.57 bits per heavy atom. The zero-order chi connectivity index (χ0) is 16.2. The minimum absolute atomic E-state index is 0.367. The molecular formula is C13H15FN2O5. The summed E-state index contributed by atoms with van der Waals surface area (Å²) in [6.07, 6.45) is 0.495. The molecule has 0 spiro atoms. The van der Waals surface area contributed by atoms with Gasteiger partial charge in [0.25, 0.3) is 11.6 Å². The van der Waals surface area contributed by atoms with Crippen LogP contribution in [0.3, 0.4) is 0 Å². The molecule has 2 N–H and O–H groups in total. The van der Waals surface area contributed by atoms with Gasteiger partial charge in [-0.25, -0.2) is 9.18 Å². The number of nitro benzene ring substituents is 1. The Hall–Kier alpha value is -2.51. The number of carboxylic acid groups (broad SMARTS) is 1. The van der Waals surface area contributed by atoms with E-state index in [0.717, 1.165) is 18.2 Å². The summed E-state index contributed by atoms with van der Waals surface area (Å²) in [7, 11) is 0. The normalized spacial score (nSPS) is 13.3. The van der Waals surface area contributed by atoms with Crippen LogP contribution in [0.15, 0.2) is 18.2 Å². The van der Waals surface area contributed by atoms with Crippen LogP contribution in [0.5, 0.6) is 0 Å². The van der Waals surface area contributed by atoms with E-state index in [-0.39, 0.29) is 5.92 Å². The topological polar surface area (TPSA) is 110 Å². The summed E-state index contributed by atoms with van der Waals surface area (Å²) in [5.74, 6) is -3.56. The highest BCUT2D eigenvalue weighted by atomic mass is 19.1. The number of non-ortho nitro benzene ring substituents is 1. The van der Waals surface area contributed by atoms with Crippen LogP contribution in [0.25, 0.3) is 0 Å². The third-order valence-corrected chi connectivity index (χ3v) is 3.17. The highest BCUT2D eigenvalue weighted by molar-refractivity contribution is 5.97. The molecule has 0 aromatic heterocycles. The lowest BCUT2D eigenvalue weighted by Crippen LogP contribution is -2.45. The molecular weight excluding hydrogens is 283 g/mol. The van der Waals surface area contributed by atoms with Gasteiger partial charge in [0.15, 0.2) is 0 Å². The molecule has 0 aliphatic rings. The predicted molar refractivity (Wildman–Crippen MR) is 71.4 cm³/mol. The third-order valence-electron chi connectivity index (χ3n) is 3.17. The van der Waals surface area contributed by atoms with Crippen LogP contribution in [0, 0.1) is 21.8 Å². The molecule has 8 heteroatoms. The molecule has 1 aromatic carbocycles. The van der Waals surface area contributed by atoms with Crippen LogP contribution in [0.2, 0.25) is 0 Å². The van der Waals surface area contributed by atoms with E-state index >= 15 is 0 Å². The molecule has 0 fully saturated rings. The summed E-state index contributed by atoms with van der Waals surface area (Å²) < 4.78 is 13.6. The molecule has 0 saturated carbocycles. The highest BCUT2D eigenvalue weighted by Crippen LogP contribution is 2.17. The molecule has 1 amide bonds. The maximum absolute atomic E-state index is 13.6. The molecule has 1 unspecified atom stereocenters. The standard InChI is InChI=1S/C13H15FN2O5/c1-3-7(2)11(13(18)19)15-12(17)9-6-8(16(20)21)4-5-10(9)14/h4-7,11H,3H2,1-2H3,(H,15,17)(H,18,19)/t7?,11-/m0/s1. The first-order valence-electron chi connectivity index (χ1n) is 6.25. The Bertz CT molecular complexity index is 576. The number of carbonyl (C=O) groups is 2. The molecule has 1 aromatic rings. The Morgan fingerprint density at radius 1 is 1.48 bits per heavy atom. The fraction of sp³-hybridized carbons (Fsp3) is 0.385. The van der Waals surface area contributed by atoms with E-state index in [2.05, 4.69) is 5.32 Å². The van der Waals surface area contributed by atoms with Gasteiger partial charge in [0.2, 0.25) is 0 Å². The van der Waals surface area contributed by atoms with Crippen molar-refractivity contribution in [3.8, 4) is 0 Å². The number of nitro groups is 1. The minimum Gasteiger partial charge on any atom is -0.480 e. The Kier molecular flexibility index (Phi) is 5.34. The molecule has 0 aliphatic carbocycles. The minimum atomic E-state index is -1.25. The van der Waals surface area contributed by atoms with E-state index in [1.807, 2.05) is 0 Å². The molecule has 0 saturated heterocycles. The van der Waals surface area contributed by atoms with Crippen molar-refractivity contribution in [2.75, 3.05) is 0 Å². The molecule has 0 radical (unpaired) electrons. The zero-order valence-corrected chi connectivity index (χ0v) is 11.5. The molecule has 0 heterocycles. The van der Waals surface area contributed by atoms with Crippen LogP contribution >= 0.6 is 0 Å². The summed E-state index contributed by atoms with van der Waals surface area (Å²) in [4.78, 5) is 32.9. The summed E-state index contributed by atoms with van der Waals surface area (Å²) in [5, 5.41) is 21.9. The first-order valence-corrected chi connectivity index (χ1v) is 6.25. The Labute approximate surface area is 119 Å². The molecule has 2 atom stereocenters. The second kappa shape index (κ2) is 6.78. The van der Waals surface area contributed by atoms with Crippen LogP contribution < -0.4 is 5.32 Å². The lowest BCUT2D eigenvalue weighted by Gasteiger charge is -2.20. The van der Waals surface area contributed by atoms with Crippen molar-refractivity contribution in [3.05, 3.63) is 39.7 Å². The van der Waals surface area contributed by atoms with E-state index in [1.54, 1.807) is 13.8 Å². The van der Waals surface area contributed by atoms with E-state index in [1.165, 1.54) is 0 Å². The van der Waals surface area contributed by atoms with Crippen molar-refractivity contribution < 1.29 is 24.0 Å². The SMILES string of the molecule is CCC(C)[C@H](NC(=O)c1cc([N+](=O)[O-])ccc1F)C(=O)O. The number of carbonyl (C=O) groups excluding carboxylic acids is 1. The number of nitrogens with zero attached hydrogens (tertiary/aromatic N) is 1. The number of amides is 1. The zero-order valence-electron chi connectivity index (χ0n) is 11.5. The number of hydrogen-bond donors (Lipinski definition) is 2. The van der Waals surface area contributed by atoms with Gasteiger partial charge in [-0.15, -0.1) is 0 Å². The fourth-order valence-electron chi connectivity index (χ4n) is 1.70. The Morgan fingerprint density at radius 2 is 2.10 bits per heavy atom. The van der Waals surface area contributed by atoms with Crippen molar-refractivity contribution in [3.63, 3.8) is 0 Å². The molecule has 0 aliphatic heterocycles. The third kappa shape index (κ3) is 3.98. The number of hydrogen-bond acceptors (Lipinski definition) is 4. The maximum atomic E-state index is 13.6. The number of halogens is 1. The lowest BCUT2D eigenvalue weighted by molar-refractivity contribution is -0.384. The van der Waals surface area contributed by atoms with Crippen LogP contribution in [0.4, 0.5) is 10.1 Å². The first-order chi connectivity index (χ1) is 9.77. The number of nitrogens with one attached hydrogen (secondary N) is 1. The van der Waals surface area contributed by atoms with Crippen molar-refractivity contribution in [1.82, 2.24) is 5.32 Å². The molecule has 21 heavy (non-hydrogen) atoms. The molecule has 0 bridgehead atoms. The van der Waals surface area contributed by atoms with Gasteiger partial charge in [0.05, 0.1) is 10.5 Å². The van der Waals surface area contributed by atoms with E-state index in [9.17, 15) is 24.1 Å². The first kappa shape index (κ1) is 16.5.